The molecule has 3 atom stereocenters. The second-order valence-electron chi connectivity index (χ2n) is 6.52. The van der Waals surface area contributed by atoms with Crippen LogP contribution in [0.25, 0.3) is 0 Å². The third-order valence-electron chi connectivity index (χ3n) is 4.25. The first-order valence-corrected chi connectivity index (χ1v) is 8.02. The maximum absolute atomic E-state index is 12.7. The highest BCUT2D eigenvalue weighted by atomic mass is 16.2. The number of nitrogens with zero attached hydrogens (tertiary/aromatic N) is 1. The van der Waals surface area contributed by atoms with Crippen LogP contribution < -0.4 is 5.32 Å². The molecule has 0 aromatic carbocycles. The Hall–Kier alpha value is -0.570. The van der Waals surface area contributed by atoms with Crippen LogP contribution in [-0.2, 0) is 4.79 Å². The van der Waals surface area contributed by atoms with Gasteiger partial charge in [0.15, 0.2) is 0 Å². The molecule has 3 unspecified atom stereocenters. The van der Waals surface area contributed by atoms with Gasteiger partial charge in [-0.2, -0.15) is 0 Å². The van der Waals surface area contributed by atoms with Gasteiger partial charge in [0.2, 0.25) is 5.91 Å². The SMILES string of the molecule is CCCCC1NC(C(C)C)N(C(CC)C(C)C)C1=O. The molecule has 1 aliphatic heterocycles. The molecule has 1 rings (SSSR count). The lowest BCUT2D eigenvalue weighted by Crippen LogP contribution is -2.49. The quantitative estimate of drug-likeness (QED) is 0.767. The van der Waals surface area contributed by atoms with E-state index in [1.165, 1.54) is 0 Å². The molecule has 0 aromatic rings. The number of nitrogens with one attached hydrogen (secondary N) is 1. The van der Waals surface area contributed by atoms with Gasteiger partial charge < -0.3 is 4.90 Å². The van der Waals surface area contributed by atoms with Crippen molar-refractivity contribution in [1.82, 2.24) is 10.2 Å². The lowest BCUT2D eigenvalue weighted by Gasteiger charge is -2.36. The Labute approximate surface area is 119 Å². The minimum atomic E-state index is 0.0418. The van der Waals surface area contributed by atoms with Crippen molar-refractivity contribution in [2.75, 3.05) is 0 Å². The maximum Gasteiger partial charge on any atom is 0.241 e. The van der Waals surface area contributed by atoms with Crippen molar-refractivity contribution in [3.8, 4) is 0 Å². The highest BCUT2D eigenvalue weighted by Gasteiger charge is 2.43. The Morgan fingerprint density at radius 1 is 1.21 bits per heavy atom. The molecule has 1 fully saturated rings. The maximum atomic E-state index is 12.7. The molecule has 1 amide bonds. The number of amides is 1. The summed E-state index contributed by atoms with van der Waals surface area (Å²) in [6, 6.07) is 0.402. The van der Waals surface area contributed by atoms with E-state index in [2.05, 4.69) is 51.8 Å². The smallest absolute Gasteiger partial charge is 0.241 e. The third kappa shape index (κ3) is 3.71. The van der Waals surface area contributed by atoms with Crippen molar-refractivity contribution in [1.29, 1.82) is 0 Å². The molecule has 19 heavy (non-hydrogen) atoms. The molecule has 1 saturated heterocycles. The first-order valence-electron chi connectivity index (χ1n) is 8.02. The van der Waals surface area contributed by atoms with Crippen LogP contribution in [0.3, 0.4) is 0 Å². The second-order valence-corrected chi connectivity index (χ2v) is 6.52. The minimum absolute atomic E-state index is 0.0418. The van der Waals surface area contributed by atoms with Crippen molar-refractivity contribution in [3.63, 3.8) is 0 Å². The Morgan fingerprint density at radius 3 is 2.26 bits per heavy atom. The molecule has 0 aromatic heterocycles. The number of carbonyl (C=O) groups is 1. The molecule has 0 saturated carbocycles. The van der Waals surface area contributed by atoms with E-state index in [0.29, 0.717) is 23.8 Å². The fourth-order valence-corrected chi connectivity index (χ4v) is 3.16. The normalized spacial score (nSPS) is 25.7. The summed E-state index contributed by atoms with van der Waals surface area (Å²) in [7, 11) is 0. The topological polar surface area (TPSA) is 32.3 Å². The first kappa shape index (κ1) is 16.5. The molecule has 112 valence electrons. The fourth-order valence-electron chi connectivity index (χ4n) is 3.16. The van der Waals surface area contributed by atoms with Crippen LogP contribution in [-0.4, -0.2) is 29.1 Å². The number of rotatable bonds is 7. The van der Waals surface area contributed by atoms with Crippen molar-refractivity contribution in [3.05, 3.63) is 0 Å². The van der Waals surface area contributed by atoms with Gasteiger partial charge in [-0.25, -0.2) is 0 Å². The number of unbranched alkanes of at least 4 members (excludes halogenated alkanes) is 1. The molecular formula is C16H32N2O. The van der Waals surface area contributed by atoms with E-state index in [1.54, 1.807) is 0 Å². The molecule has 1 aliphatic rings. The van der Waals surface area contributed by atoms with Gasteiger partial charge in [0.05, 0.1) is 12.2 Å². The first-order chi connectivity index (χ1) is 8.93. The average Bonchev–Trinajstić information content (AvgIpc) is 2.66. The van der Waals surface area contributed by atoms with Gasteiger partial charge in [0, 0.05) is 6.04 Å². The highest BCUT2D eigenvalue weighted by Crippen LogP contribution is 2.27. The third-order valence-corrected chi connectivity index (χ3v) is 4.25. The van der Waals surface area contributed by atoms with Crippen LogP contribution >= 0.6 is 0 Å². The van der Waals surface area contributed by atoms with E-state index in [9.17, 15) is 4.79 Å². The van der Waals surface area contributed by atoms with E-state index in [1.807, 2.05) is 0 Å². The van der Waals surface area contributed by atoms with Crippen molar-refractivity contribution >= 4 is 5.91 Å². The molecule has 0 spiro atoms. The standard InChI is InChI=1S/C16H32N2O/c1-7-9-10-13-16(19)18(14(8-2)11(3)4)15(17-13)12(5)6/h11-15,17H,7-10H2,1-6H3. The summed E-state index contributed by atoms with van der Waals surface area (Å²) in [6.45, 7) is 13.2. The molecule has 0 radical (unpaired) electrons. The second kappa shape index (κ2) is 7.28. The van der Waals surface area contributed by atoms with Gasteiger partial charge in [-0.3, -0.25) is 10.1 Å². The largest absolute Gasteiger partial charge is 0.322 e. The average molecular weight is 268 g/mol. The minimum Gasteiger partial charge on any atom is -0.322 e. The van der Waals surface area contributed by atoms with Crippen molar-refractivity contribution < 1.29 is 4.79 Å². The van der Waals surface area contributed by atoms with E-state index in [0.717, 1.165) is 25.7 Å². The van der Waals surface area contributed by atoms with Crippen LogP contribution in [0.5, 0.6) is 0 Å². The predicted molar refractivity (Wildman–Crippen MR) is 80.8 cm³/mol. The van der Waals surface area contributed by atoms with E-state index < -0.39 is 0 Å². The molecule has 1 heterocycles. The van der Waals surface area contributed by atoms with Gasteiger partial charge in [-0.1, -0.05) is 54.4 Å². The highest BCUT2D eigenvalue weighted by molar-refractivity contribution is 5.84. The molecule has 1 N–H and O–H groups in total. The van der Waals surface area contributed by atoms with E-state index >= 15 is 0 Å². The Kier molecular flexibility index (Phi) is 6.31. The summed E-state index contributed by atoms with van der Waals surface area (Å²) in [4.78, 5) is 14.8. The van der Waals surface area contributed by atoms with Gasteiger partial charge >= 0.3 is 0 Å². The Balaban J connectivity index is 2.88. The molecular weight excluding hydrogens is 236 g/mol. The predicted octanol–water partition coefficient (Wildman–Crippen LogP) is 3.39. The van der Waals surface area contributed by atoms with Crippen molar-refractivity contribution in [2.45, 2.75) is 85.5 Å². The van der Waals surface area contributed by atoms with Crippen LogP contribution in [0.15, 0.2) is 0 Å². The zero-order chi connectivity index (χ0) is 14.6. The van der Waals surface area contributed by atoms with Crippen LogP contribution in [0.1, 0.15) is 67.2 Å². The van der Waals surface area contributed by atoms with Crippen LogP contribution in [0.4, 0.5) is 0 Å². The molecule has 3 nitrogen and oxygen atoms in total. The summed E-state index contributed by atoms with van der Waals surface area (Å²) in [5.41, 5.74) is 0. The fraction of sp³-hybridized carbons (Fsp3) is 0.938. The zero-order valence-electron chi connectivity index (χ0n) is 13.6. The summed E-state index contributed by atoms with van der Waals surface area (Å²) in [6.07, 6.45) is 4.50. The van der Waals surface area contributed by atoms with Gasteiger partial charge in [-0.15, -0.1) is 0 Å². The van der Waals surface area contributed by atoms with Crippen LogP contribution in [0.2, 0.25) is 0 Å². The molecule has 0 bridgehead atoms. The van der Waals surface area contributed by atoms with Crippen molar-refractivity contribution in [2.24, 2.45) is 11.8 Å². The number of carbonyl (C=O) groups excluding carboxylic acids is 1. The Bertz CT molecular complexity index is 288. The molecule has 0 aliphatic carbocycles. The summed E-state index contributed by atoms with van der Waals surface area (Å²) in [5.74, 6) is 1.30. The number of hydrogen-bond acceptors (Lipinski definition) is 2. The number of hydrogen-bond donors (Lipinski definition) is 1. The summed E-state index contributed by atoms with van der Waals surface area (Å²) in [5, 5.41) is 3.57. The summed E-state index contributed by atoms with van der Waals surface area (Å²) < 4.78 is 0. The van der Waals surface area contributed by atoms with E-state index in [-0.39, 0.29) is 12.2 Å². The van der Waals surface area contributed by atoms with Crippen LogP contribution in [0, 0.1) is 11.8 Å². The lowest BCUT2D eigenvalue weighted by molar-refractivity contribution is -0.134. The van der Waals surface area contributed by atoms with E-state index in [4.69, 9.17) is 0 Å². The molecule has 3 heteroatoms. The lowest BCUT2D eigenvalue weighted by atomic mass is 9.97. The monoisotopic (exact) mass is 268 g/mol. The van der Waals surface area contributed by atoms with Gasteiger partial charge in [0.25, 0.3) is 0 Å². The summed E-state index contributed by atoms with van der Waals surface area (Å²) >= 11 is 0. The van der Waals surface area contributed by atoms with Gasteiger partial charge in [0.1, 0.15) is 0 Å². The van der Waals surface area contributed by atoms with Gasteiger partial charge in [-0.05, 0) is 24.7 Å². The Morgan fingerprint density at radius 2 is 1.84 bits per heavy atom. The zero-order valence-corrected chi connectivity index (χ0v) is 13.6.